The summed E-state index contributed by atoms with van der Waals surface area (Å²) in [5.41, 5.74) is 1.06. The molecule has 0 radical (unpaired) electrons. The first-order valence-corrected chi connectivity index (χ1v) is 7.90. The van der Waals surface area contributed by atoms with Crippen LogP contribution in [0.1, 0.15) is 5.69 Å². The van der Waals surface area contributed by atoms with E-state index in [1.165, 1.54) is 0 Å². The standard InChI is InChI=1S/C13H20N4O2S.2ClH/c1-10-9-20-13(15-10)17-5-3-16(4-6-17)12(18)11-8-14-2-7-19-11;;/h9,11,14H,2-8H2,1H3;2*1H. The molecule has 0 aliphatic carbocycles. The molecular weight excluding hydrogens is 347 g/mol. The number of rotatable bonds is 2. The summed E-state index contributed by atoms with van der Waals surface area (Å²) in [6.07, 6.45) is -0.308. The molecule has 22 heavy (non-hydrogen) atoms. The molecule has 2 saturated heterocycles. The van der Waals surface area contributed by atoms with Gasteiger partial charge in [0.15, 0.2) is 5.13 Å². The van der Waals surface area contributed by atoms with Gasteiger partial charge in [0.2, 0.25) is 0 Å². The van der Waals surface area contributed by atoms with E-state index in [4.69, 9.17) is 4.74 Å². The molecule has 1 aromatic heterocycles. The molecule has 9 heteroatoms. The fraction of sp³-hybridized carbons (Fsp3) is 0.692. The maximum absolute atomic E-state index is 12.3. The number of nitrogens with zero attached hydrogens (tertiary/aromatic N) is 3. The number of carbonyl (C=O) groups excluding carboxylic acids is 1. The molecule has 3 heterocycles. The number of anilines is 1. The summed E-state index contributed by atoms with van der Waals surface area (Å²) in [7, 11) is 0. The molecule has 126 valence electrons. The molecule has 0 spiro atoms. The van der Waals surface area contributed by atoms with Crippen molar-refractivity contribution in [3.63, 3.8) is 0 Å². The van der Waals surface area contributed by atoms with E-state index in [-0.39, 0.29) is 36.8 Å². The van der Waals surface area contributed by atoms with E-state index in [1.807, 2.05) is 11.8 Å². The Morgan fingerprint density at radius 2 is 2.09 bits per heavy atom. The van der Waals surface area contributed by atoms with E-state index in [1.54, 1.807) is 11.3 Å². The molecule has 0 bridgehead atoms. The van der Waals surface area contributed by atoms with Gasteiger partial charge in [0.05, 0.1) is 12.3 Å². The molecule has 1 N–H and O–H groups in total. The zero-order valence-corrected chi connectivity index (χ0v) is 14.9. The number of carbonyl (C=O) groups is 1. The lowest BCUT2D eigenvalue weighted by Gasteiger charge is -2.37. The average Bonchev–Trinajstić information content (AvgIpc) is 2.94. The topological polar surface area (TPSA) is 57.7 Å². The van der Waals surface area contributed by atoms with Crippen molar-refractivity contribution >= 4 is 47.2 Å². The highest BCUT2D eigenvalue weighted by molar-refractivity contribution is 7.13. The van der Waals surface area contributed by atoms with E-state index < -0.39 is 0 Å². The number of amides is 1. The molecule has 0 saturated carbocycles. The number of hydrogen-bond acceptors (Lipinski definition) is 6. The van der Waals surface area contributed by atoms with Crippen LogP contribution in [0.4, 0.5) is 5.13 Å². The number of aryl methyl sites for hydroxylation is 1. The molecule has 2 fully saturated rings. The van der Waals surface area contributed by atoms with Crippen molar-refractivity contribution in [3.05, 3.63) is 11.1 Å². The van der Waals surface area contributed by atoms with Crippen LogP contribution in [0.15, 0.2) is 5.38 Å². The van der Waals surface area contributed by atoms with Crippen LogP contribution in [0.2, 0.25) is 0 Å². The molecule has 2 aliphatic heterocycles. The molecule has 2 aliphatic rings. The normalized spacial score (nSPS) is 21.8. The molecule has 0 aromatic carbocycles. The van der Waals surface area contributed by atoms with Gasteiger partial charge >= 0.3 is 0 Å². The molecular formula is C13H22Cl2N4O2S. The van der Waals surface area contributed by atoms with Crippen molar-refractivity contribution < 1.29 is 9.53 Å². The van der Waals surface area contributed by atoms with Crippen molar-refractivity contribution in [1.29, 1.82) is 0 Å². The van der Waals surface area contributed by atoms with Gasteiger partial charge in [-0.1, -0.05) is 0 Å². The van der Waals surface area contributed by atoms with E-state index in [2.05, 4.69) is 20.6 Å². The number of piperazine rings is 1. The van der Waals surface area contributed by atoms with Gasteiger partial charge in [0.1, 0.15) is 6.10 Å². The second-order valence-electron chi connectivity index (χ2n) is 5.15. The number of aromatic nitrogens is 1. The number of ether oxygens (including phenoxy) is 1. The second-order valence-corrected chi connectivity index (χ2v) is 5.98. The third-order valence-electron chi connectivity index (χ3n) is 3.67. The van der Waals surface area contributed by atoms with Crippen LogP contribution in [0, 0.1) is 6.92 Å². The fourth-order valence-corrected chi connectivity index (χ4v) is 3.39. The van der Waals surface area contributed by atoms with Gasteiger partial charge in [-0.2, -0.15) is 0 Å². The average molecular weight is 369 g/mol. The van der Waals surface area contributed by atoms with Crippen LogP contribution in [0.25, 0.3) is 0 Å². The Balaban J connectivity index is 0.00000121. The number of hydrogen-bond donors (Lipinski definition) is 1. The maximum atomic E-state index is 12.3. The first-order valence-electron chi connectivity index (χ1n) is 7.02. The van der Waals surface area contributed by atoms with Gasteiger partial charge < -0.3 is 19.9 Å². The number of nitrogens with one attached hydrogen (secondary N) is 1. The van der Waals surface area contributed by atoms with E-state index >= 15 is 0 Å². The van der Waals surface area contributed by atoms with Crippen molar-refractivity contribution in [1.82, 2.24) is 15.2 Å². The summed E-state index contributed by atoms with van der Waals surface area (Å²) in [4.78, 5) is 21.0. The van der Waals surface area contributed by atoms with E-state index in [0.717, 1.165) is 43.5 Å². The minimum absolute atomic E-state index is 0. The van der Waals surface area contributed by atoms with Crippen molar-refractivity contribution in [2.45, 2.75) is 13.0 Å². The first kappa shape index (κ1) is 19.4. The lowest BCUT2D eigenvalue weighted by Crippen LogP contribution is -2.55. The third-order valence-corrected chi connectivity index (χ3v) is 4.69. The monoisotopic (exact) mass is 368 g/mol. The molecule has 1 aromatic rings. The Morgan fingerprint density at radius 3 is 2.64 bits per heavy atom. The van der Waals surface area contributed by atoms with Crippen LogP contribution >= 0.6 is 36.2 Å². The molecule has 6 nitrogen and oxygen atoms in total. The first-order chi connectivity index (χ1) is 9.74. The Kier molecular flexibility index (Phi) is 7.85. The van der Waals surface area contributed by atoms with Crippen molar-refractivity contribution in [2.24, 2.45) is 0 Å². The van der Waals surface area contributed by atoms with Crippen LogP contribution in [0.5, 0.6) is 0 Å². The lowest BCUT2D eigenvalue weighted by molar-refractivity contribution is -0.145. The molecule has 1 amide bonds. The van der Waals surface area contributed by atoms with E-state index in [9.17, 15) is 4.79 Å². The number of thiazole rings is 1. The summed E-state index contributed by atoms with van der Waals surface area (Å²) in [6.45, 7) is 7.28. The van der Waals surface area contributed by atoms with Crippen LogP contribution in [-0.2, 0) is 9.53 Å². The highest BCUT2D eigenvalue weighted by Gasteiger charge is 2.29. The largest absolute Gasteiger partial charge is 0.366 e. The van der Waals surface area contributed by atoms with Crippen molar-refractivity contribution in [2.75, 3.05) is 50.8 Å². The minimum Gasteiger partial charge on any atom is -0.366 e. The van der Waals surface area contributed by atoms with Gasteiger partial charge in [-0.3, -0.25) is 4.79 Å². The van der Waals surface area contributed by atoms with Gasteiger partial charge in [-0.15, -0.1) is 36.2 Å². The Labute approximate surface area is 147 Å². The third kappa shape index (κ3) is 4.45. The number of morpholine rings is 1. The van der Waals surface area contributed by atoms with Gasteiger partial charge in [0, 0.05) is 44.6 Å². The zero-order chi connectivity index (χ0) is 13.9. The summed E-state index contributed by atoms with van der Waals surface area (Å²) < 4.78 is 5.53. The van der Waals surface area contributed by atoms with Gasteiger partial charge in [-0.25, -0.2) is 4.98 Å². The lowest BCUT2D eigenvalue weighted by atomic mass is 10.2. The zero-order valence-electron chi connectivity index (χ0n) is 12.5. The Morgan fingerprint density at radius 1 is 1.36 bits per heavy atom. The highest BCUT2D eigenvalue weighted by Crippen LogP contribution is 2.21. The number of halogens is 2. The fourth-order valence-electron chi connectivity index (χ4n) is 2.53. The van der Waals surface area contributed by atoms with Gasteiger partial charge in [-0.05, 0) is 6.92 Å². The van der Waals surface area contributed by atoms with Crippen LogP contribution < -0.4 is 10.2 Å². The van der Waals surface area contributed by atoms with Crippen LogP contribution in [0.3, 0.4) is 0 Å². The molecule has 3 rings (SSSR count). The summed E-state index contributed by atoms with van der Waals surface area (Å²) in [5.74, 6) is 0.118. The molecule has 1 unspecified atom stereocenters. The summed E-state index contributed by atoms with van der Waals surface area (Å²) in [6, 6.07) is 0. The second kappa shape index (κ2) is 8.88. The predicted octanol–water partition coefficient (Wildman–Crippen LogP) is 0.932. The van der Waals surface area contributed by atoms with E-state index in [0.29, 0.717) is 13.2 Å². The predicted molar refractivity (Wildman–Crippen MR) is 92.7 cm³/mol. The highest BCUT2D eigenvalue weighted by atomic mass is 35.5. The van der Waals surface area contributed by atoms with Crippen molar-refractivity contribution in [3.8, 4) is 0 Å². The Hall–Kier alpha value is -0.600. The maximum Gasteiger partial charge on any atom is 0.253 e. The Bertz CT molecular complexity index is 474. The van der Waals surface area contributed by atoms with Gasteiger partial charge in [0.25, 0.3) is 5.91 Å². The molecule has 1 atom stereocenters. The van der Waals surface area contributed by atoms with Crippen LogP contribution in [-0.4, -0.2) is 67.8 Å². The summed E-state index contributed by atoms with van der Waals surface area (Å²) >= 11 is 1.67. The SMILES string of the molecule is Cc1csc(N2CCN(C(=O)C3CNCCO3)CC2)n1.Cl.Cl. The summed E-state index contributed by atoms with van der Waals surface area (Å²) in [5, 5.41) is 6.33. The minimum atomic E-state index is -0.308. The smallest absolute Gasteiger partial charge is 0.253 e. The quantitative estimate of drug-likeness (QED) is 0.841.